The van der Waals surface area contributed by atoms with Crippen LogP contribution in [0.15, 0.2) is 30.3 Å². The highest BCUT2D eigenvalue weighted by Gasteiger charge is 2.36. The van der Waals surface area contributed by atoms with Crippen molar-refractivity contribution in [1.82, 2.24) is 14.6 Å². The number of rotatable bonds is 3. The van der Waals surface area contributed by atoms with Crippen molar-refractivity contribution < 1.29 is 10.0 Å². The molecule has 1 atom stereocenters. The van der Waals surface area contributed by atoms with Gasteiger partial charge in [0.25, 0.3) is 5.91 Å². The van der Waals surface area contributed by atoms with Crippen LogP contribution in [0.1, 0.15) is 16.8 Å². The Hall–Kier alpha value is -1.89. The summed E-state index contributed by atoms with van der Waals surface area (Å²) in [6.07, 6.45) is 1.08. The maximum atomic E-state index is 11.9. The number of fused-ring (bicyclic) bond motifs is 1. The van der Waals surface area contributed by atoms with E-state index < -0.39 is 11.9 Å². The van der Waals surface area contributed by atoms with Crippen LogP contribution in [-0.2, 0) is 24.7 Å². The predicted octanol–water partition coefficient (Wildman–Crippen LogP) is 1.40. The number of anilines is 1. The van der Waals surface area contributed by atoms with Gasteiger partial charge in [0.2, 0.25) is 0 Å². The topological polar surface area (TPSA) is 70.4 Å². The minimum Gasteiger partial charge on any atom is -0.279 e. The first-order chi connectivity index (χ1) is 10.1. The third-order valence-electron chi connectivity index (χ3n) is 3.72. The van der Waals surface area contributed by atoms with Gasteiger partial charge in [0.15, 0.2) is 5.82 Å². The molecule has 0 spiro atoms. The summed E-state index contributed by atoms with van der Waals surface area (Å²) in [6, 6.07) is 9.32. The Labute approximate surface area is 127 Å². The lowest BCUT2D eigenvalue weighted by Gasteiger charge is -2.25. The molecule has 2 N–H and O–H groups in total. The number of aryl methyl sites for hydroxylation is 1. The molecule has 0 aliphatic carbocycles. The first-order valence-corrected chi connectivity index (χ1v) is 6.97. The van der Waals surface area contributed by atoms with Crippen LogP contribution in [0.25, 0.3) is 0 Å². The van der Waals surface area contributed by atoms with Crippen LogP contribution < -0.4 is 9.90 Å². The maximum Gasteiger partial charge on any atom is 0.270 e. The van der Waals surface area contributed by atoms with E-state index in [1.54, 1.807) is 11.7 Å². The molecule has 1 aliphatic heterocycles. The summed E-state index contributed by atoms with van der Waals surface area (Å²) >= 11 is 5.59. The van der Waals surface area contributed by atoms with Crippen LogP contribution in [0.5, 0.6) is 0 Å². The number of carbonyl (C=O) groups is 1. The van der Waals surface area contributed by atoms with E-state index in [2.05, 4.69) is 9.93 Å². The fourth-order valence-corrected chi connectivity index (χ4v) is 2.78. The second-order valence-corrected chi connectivity index (χ2v) is 5.27. The highest BCUT2D eigenvalue weighted by Crippen LogP contribution is 2.30. The number of amides is 1. The summed E-state index contributed by atoms with van der Waals surface area (Å²) < 4.78 is 1.70. The Kier molecular flexibility index (Phi) is 3.67. The fourth-order valence-electron chi connectivity index (χ4n) is 2.61. The smallest absolute Gasteiger partial charge is 0.270 e. The van der Waals surface area contributed by atoms with Crippen LogP contribution >= 0.6 is 11.8 Å². The Morgan fingerprint density at radius 2 is 2.14 bits per heavy atom. The van der Waals surface area contributed by atoms with Gasteiger partial charge in [0.05, 0.1) is 0 Å². The second-order valence-electron chi connectivity index (χ2n) is 5.05. The Balaban J connectivity index is 2.00. The van der Waals surface area contributed by atoms with Gasteiger partial charge >= 0.3 is 0 Å². The molecule has 1 aromatic carbocycles. The zero-order valence-electron chi connectivity index (χ0n) is 11.5. The van der Waals surface area contributed by atoms with Crippen molar-refractivity contribution in [2.75, 3.05) is 5.06 Å². The predicted molar refractivity (Wildman–Crippen MR) is 78.2 cm³/mol. The van der Waals surface area contributed by atoms with Crippen LogP contribution in [0.3, 0.4) is 0 Å². The van der Waals surface area contributed by atoms with Crippen LogP contribution in [0, 0.1) is 0 Å². The number of hydrogen-bond donors (Lipinski definition) is 2. The van der Waals surface area contributed by atoms with Crippen LogP contribution in [0.2, 0.25) is 0 Å². The van der Waals surface area contributed by atoms with Gasteiger partial charge in [0.1, 0.15) is 6.04 Å². The Morgan fingerprint density at radius 1 is 1.43 bits per heavy atom. The van der Waals surface area contributed by atoms with Gasteiger partial charge in [-0.15, -0.1) is 0 Å². The first kappa shape index (κ1) is 14.1. The number of nitrogens with zero attached hydrogens (tertiary/aromatic N) is 3. The SMILES string of the molecule is Cn1nc2c(c1Cc1ccccc1)C[C@H](NCl)C(=O)N2O. The minimum absolute atomic E-state index is 0.289. The average Bonchev–Trinajstić information content (AvgIpc) is 2.81. The van der Waals surface area contributed by atoms with Gasteiger partial charge in [-0.1, -0.05) is 30.3 Å². The Bertz CT molecular complexity index is 671. The van der Waals surface area contributed by atoms with Crippen molar-refractivity contribution in [1.29, 1.82) is 0 Å². The molecule has 2 aromatic rings. The molecule has 1 aliphatic rings. The summed E-state index contributed by atoms with van der Waals surface area (Å²) in [5.41, 5.74) is 2.93. The average molecular weight is 307 g/mol. The molecule has 3 rings (SSSR count). The summed E-state index contributed by atoms with van der Waals surface area (Å²) in [4.78, 5) is 14.3. The van der Waals surface area contributed by atoms with Crippen molar-refractivity contribution >= 4 is 23.5 Å². The molecule has 0 saturated heterocycles. The van der Waals surface area contributed by atoms with Gasteiger partial charge in [-0.3, -0.25) is 14.7 Å². The lowest BCUT2D eigenvalue weighted by Crippen LogP contribution is -2.47. The molecule has 7 heteroatoms. The molecule has 6 nitrogen and oxygen atoms in total. The zero-order valence-corrected chi connectivity index (χ0v) is 12.2. The summed E-state index contributed by atoms with van der Waals surface area (Å²) in [5.74, 6) is -0.210. The molecule has 110 valence electrons. The van der Waals surface area contributed by atoms with E-state index in [9.17, 15) is 10.0 Å². The van der Waals surface area contributed by atoms with Crippen LogP contribution in [-0.4, -0.2) is 26.9 Å². The fraction of sp³-hybridized carbons (Fsp3) is 0.286. The van der Waals surface area contributed by atoms with Crippen molar-refractivity contribution in [2.45, 2.75) is 18.9 Å². The number of hydroxylamine groups is 1. The normalized spacial score (nSPS) is 18.0. The number of aromatic nitrogens is 2. The largest absolute Gasteiger partial charge is 0.279 e. The molecular formula is C14H15ClN4O2. The lowest BCUT2D eigenvalue weighted by molar-refractivity contribution is -0.125. The molecule has 21 heavy (non-hydrogen) atoms. The van der Waals surface area contributed by atoms with E-state index in [1.165, 1.54) is 0 Å². The van der Waals surface area contributed by atoms with E-state index in [1.807, 2.05) is 30.3 Å². The van der Waals surface area contributed by atoms with Gasteiger partial charge in [-0.05, 0) is 17.3 Å². The van der Waals surface area contributed by atoms with Gasteiger partial charge in [0, 0.05) is 31.1 Å². The third kappa shape index (κ3) is 2.42. The maximum absolute atomic E-state index is 11.9. The van der Waals surface area contributed by atoms with Crippen LogP contribution in [0.4, 0.5) is 5.82 Å². The van der Waals surface area contributed by atoms with E-state index >= 15 is 0 Å². The molecule has 2 heterocycles. The zero-order chi connectivity index (χ0) is 15.0. The van der Waals surface area contributed by atoms with E-state index in [4.69, 9.17) is 11.8 Å². The van der Waals surface area contributed by atoms with Gasteiger partial charge in [-0.25, -0.2) is 4.84 Å². The number of carbonyl (C=O) groups excluding carboxylic acids is 1. The summed E-state index contributed by atoms with van der Waals surface area (Å²) in [6.45, 7) is 0. The quantitative estimate of drug-likeness (QED) is 0.664. The molecule has 0 fully saturated rings. The highest BCUT2D eigenvalue weighted by molar-refractivity contribution is 6.16. The summed E-state index contributed by atoms with van der Waals surface area (Å²) in [7, 11) is 1.80. The number of hydrogen-bond acceptors (Lipinski definition) is 4. The lowest BCUT2D eigenvalue weighted by atomic mass is 9.98. The number of benzene rings is 1. The second kappa shape index (κ2) is 5.48. The Morgan fingerprint density at radius 3 is 2.81 bits per heavy atom. The molecule has 0 unspecified atom stereocenters. The van der Waals surface area contributed by atoms with E-state index in [0.29, 0.717) is 17.9 Å². The van der Waals surface area contributed by atoms with Gasteiger partial charge < -0.3 is 0 Å². The van der Waals surface area contributed by atoms with Gasteiger partial charge in [-0.2, -0.15) is 10.2 Å². The molecular weight excluding hydrogens is 292 g/mol. The van der Waals surface area contributed by atoms with Crippen molar-refractivity contribution in [2.24, 2.45) is 7.05 Å². The highest BCUT2D eigenvalue weighted by atomic mass is 35.5. The van der Waals surface area contributed by atoms with Crippen molar-refractivity contribution in [3.8, 4) is 0 Å². The number of nitrogens with one attached hydrogen (secondary N) is 1. The first-order valence-electron chi connectivity index (χ1n) is 6.59. The monoisotopic (exact) mass is 306 g/mol. The van der Waals surface area contributed by atoms with Crippen molar-refractivity contribution in [3.63, 3.8) is 0 Å². The standard InChI is InChI=1S/C14H15ClN4O2/c1-18-12(7-9-5-3-2-4-6-9)10-8-11(16-15)14(20)19(21)13(10)17-18/h2-6,11,16,21H,7-8H2,1H3/t11-/m0/s1. The molecule has 0 bridgehead atoms. The molecule has 0 saturated carbocycles. The molecule has 1 amide bonds. The summed E-state index contributed by atoms with van der Waals surface area (Å²) in [5, 5.41) is 14.8. The van der Waals surface area contributed by atoms with Crippen molar-refractivity contribution in [3.05, 3.63) is 47.2 Å². The third-order valence-corrected chi connectivity index (χ3v) is 3.98. The van der Waals surface area contributed by atoms with E-state index in [0.717, 1.165) is 16.8 Å². The number of halogens is 1. The molecule has 0 radical (unpaired) electrons. The van der Waals surface area contributed by atoms with E-state index in [-0.39, 0.29) is 5.82 Å². The molecule has 1 aromatic heterocycles. The minimum atomic E-state index is -0.650.